The molecule has 1 atom stereocenters. The predicted molar refractivity (Wildman–Crippen MR) is 112 cm³/mol. The van der Waals surface area contributed by atoms with Crippen molar-refractivity contribution in [3.8, 4) is 5.88 Å². The maximum absolute atomic E-state index is 12.5. The summed E-state index contributed by atoms with van der Waals surface area (Å²) in [5.41, 5.74) is 2.23. The molecule has 5 nitrogen and oxygen atoms in total. The van der Waals surface area contributed by atoms with Crippen LogP contribution in [0.3, 0.4) is 0 Å². The van der Waals surface area contributed by atoms with Crippen molar-refractivity contribution in [2.75, 3.05) is 0 Å². The second kappa shape index (κ2) is 7.43. The van der Waals surface area contributed by atoms with Crippen molar-refractivity contribution in [2.24, 2.45) is 0 Å². The molecule has 0 amide bonds. The Labute approximate surface area is 169 Å². The Morgan fingerprint density at radius 3 is 2.17 bits per heavy atom. The largest absolute Gasteiger partial charge is 0.478 e. The Morgan fingerprint density at radius 2 is 1.62 bits per heavy atom. The van der Waals surface area contributed by atoms with Crippen molar-refractivity contribution in [1.29, 1.82) is 0 Å². The average Bonchev–Trinajstić information content (AvgIpc) is 3.21. The van der Waals surface area contributed by atoms with Crippen molar-refractivity contribution in [1.82, 2.24) is 9.97 Å². The average molecular weight is 386 g/mol. The summed E-state index contributed by atoms with van der Waals surface area (Å²) in [6, 6.07) is 23.0. The third-order valence-electron chi connectivity index (χ3n) is 5.36. The minimum atomic E-state index is -1.19. The zero-order chi connectivity index (χ0) is 20.4. The van der Waals surface area contributed by atoms with Crippen molar-refractivity contribution in [2.45, 2.75) is 25.4 Å². The number of rotatable bonds is 6. The lowest BCUT2D eigenvalue weighted by atomic mass is 9.72. The van der Waals surface area contributed by atoms with Crippen molar-refractivity contribution in [3.63, 3.8) is 0 Å². The van der Waals surface area contributed by atoms with E-state index < -0.39 is 17.5 Å². The Hall–Kier alpha value is -3.60. The summed E-state index contributed by atoms with van der Waals surface area (Å²) < 4.78 is 6.16. The van der Waals surface area contributed by atoms with Gasteiger partial charge in [0.15, 0.2) is 0 Å². The highest BCUT2D eigenvalue weighted by atomic mass is 16.5. The van der Waals surface area contributed by atoms with Gasteiger partial charge in [0, 0.05) is 17.3 Å². The van der Waals surface area contributed by atoms with Gasteiger partial charge in [-0.1, -0.05) is 60.7 Å². The summed E-state index contributed by atoms with van der Waals surface area (Å²) in [5, 5.41) is 11.2. The lowest BCUT2D eigenvalue weighted by Crippen LogP contribution is -2.47. The molecule has 0 saturated heterocycles. The smallest absolute Gasteiger partial charge is 0.346 e. The fourth-order valence-corrected chi connectivity index (χ4v) is 3.81. The number of hydrogen-bond acceptors (Lipinski definition) is 3. The first-order valence-electron chi connectivity index (χ1n) is 9.45. The van der Waals surface area contributed by atoms with Crippen LogP contribution in [0.15, 0.2) is 79.0 Å². The number of pyridine rings is 1. The Kier molecular flexibility index (Phi) is 4.80. The lowest BCUT2D eigenvalue weighted by Gasteiger charge is -2.36. The van der Waals surface area contributed by atoms with Crippen LogP contribution < -0.4 is 4.74 Å². The topological polar surface area (TPSA) is 75.2 Å². The van der Waals surface area contributed by atoms with Crippen LogP contribution in [0.5, 0.6) is 5.88 Å². The second-order valence-electron chi connectivity index (χ2n) is 7.28. The fraction of sp³-hybridized carbons (Fsp3) is 0.167. The summed E-state index contributed by atoms with van der Waals surface area (Å²) >= 11 is 0. The van der Waals surface area contributed by atoms with Gasteiger partial charge in [0.2, 0.25) is 12.0 Å². The van der Waals surface area contributed by atoms with E-state index in [-0.39, 0.29) is 5.88 Å². The molecule has 2 aromatic heterocycles. The normalized spacial score (nSPS) is 12.6. The molecule has 0 radical (unpaired) electrons. The molecule has 0 spiro atoms. The summed E-state index contributed by atoms with van der Waals surface area (Å²) in [6.45, 7) is 3.76. The molecule has 0 fully saturated rings. The maximum atomic E-state index is 12.5. The third kappa shape index (κ3) is 3.36. The van der Waals surface area contributed by atoms with E-state index in [1.807, 2.05) is 86.6 Å². The minimum absolute atomic E-state index is 0.287. The SMILES string of the molecule is Cc1cc2cc[nH]c2c(OC(C(=O)O)C(C)(c2ccccc2)c2ccccc2)n1. The molecule has 0 saturated carbocycles. The number of aryl methyl sites for hydroxylation is 1. The van der Waals surface area contributed by atoms with Crippen molar-refractivity contribution < 1.29 is 14.6 Å². The molecule has 4 rings (SSSR count). The standard InChI is InChI=1S/C24H22N2O3/c1-16-15-17-13-14-25-20(17)22(26-16)29-21(23(27)28)24(2,18-9-5-3-6-10-18)19-11-7-4-8-12-19/h3-15,21,25H,1-2H3,(H,27,28). The summed E-state index contributed by atoms with van der Waals surface area (Å²) in [6.07, 6.45) is 0.607. The number of ether oxygens (including phenoxy) is 1. The van der Waals surface area contributed by atoms with E-state index in [9.17, 15) is 9.90 Å². The second-order valence-corrected chi connectivity index (χ2v) is 7.28. The van der Waals surface area contributed by atoms with Crippen LogP contribution in [0.25, 0.3) is 10.9 Å². The highest BCUT2D eigenvalue weighted by molar-refractivity contribution is 5.85. The van der Waals surface area contributed by atoms with E-state index in [0.29, 0.717) is 5.52 Å². The highest BCUT2D eigenvalue weighted by Gasteiger charge is 2.44. The number of carboxylic acids is 1. The van der Waals surface area contributed by atoms with Crippen LogP contribution >= 0.6 is 0 Å². The molecule has 29 heavy (non-hydrogen) atoms. The van der Waals surface area contributed by atoms with E-state index in [1.165, 1.54) is 0 Å². The third-order valence-corrected chi connectivity index (χ3v) is 5.36. The molecule has 146 valence electrons. The van der Waals surface area contributed by atoms with Crippen LogP contribution in [0.1, 0.15) is 23.7 Å². The summed E-state index contributed by atoms with van der Waals surface area (Å²) in [7, 11) is 0. The molecule has 5 heteroatoms. The van der Waals surface area contributed by atoms with Crippen LogP contribution in [0, 0.1) is 6.92 Å². The van der Waals surface area contributed by atoms with Gasteiger partial charge in [-0.05, 0) is 37.1 Å². The number of carboxylic acid groups (broad SMARTS) is 1. The summed E-state index contributed by atoms with van der Waals surface area (Å²) in [5.74, 6) is -0.765. The van der Waals surface area contributed by atoms with Crippen LogP contribution in [0.2, 0.25) is 0 Å². The van der Waals surface area contributed by atoms with E-state index in [1.54, 1.807) is 6.20 Å². The first-order chi connectivity index (χ1) is 14.0. The zero-order valence-electron chi connectivity index (χ0n) is 16.3. The van der Waals surface area contributed by atoms with Crippen molar-refractivity contribution >= 4 is 16.9 Å². The van der Waals surface area contributed by atoms with E-state index in [2.05, 4.69) is 9.97 Å². The first kappa shape index (κ1) is 18.7. The van der Waals surface area contributed by atoms with E-state index in [4.69, 9.17) is 4.74 Å². The number of fused-ring (bicyclic) bond motifs is 1. The van der Waals surface area contributed by atoms with Gasteiger partial charge in [-0.2, -0.15) is 0 Å². The molecule has 2 N–H and O–H groups in total. The van der Waals surface area contributed by atoms with Gasteiger partial charge in [-0.3, -0.25) is 0 Å². The predicted octanol–water partition coefficient (Wildman–Crippen LogP) is 4.71. The van der Waals surface area contributed by atoms with Gasteiger partial charge < -0.3 is 14.8 Å². The van der Waals surface area contributed by atoms with Gasteiger partial charge >= 0.3 is 5.97 Å². The van der Waals surface area contributed by atoms with Gasteiger partial charge in [-0.15, -0.1) is 0 Å². The number of nitrogens with zero attached hydrogens (tertiary/aromatic N) is 1. The maximum Gasteiger partial charge on any atom is 0.346 e. The van der Waals surface area contributed by atoms with Crippen LogP contribution in [-0.4, -0.2) is 27.1 Å². The number of aromatic amines is 1. The fourth-order valence-electron chi connectivity index (χ4n) is 3.81. The number of aliphatic carboxylic acids is 1. The highest BCUT2D eigenvalue weighted by Crippen LogP contribution is 2.38. The van der Waals surface area contributed by atoms with Gasteiger partial charge in [0.25, 0.3) is 0 Å². The van der Waals surface area contributed by atoms with Gasteiger partial charge in [0.05, 0.1) is 5.41 Å². The molecule has 4 aromatic rings. The number of nitrogens with one attached hydrogen (secondary N) is 1. The first-order valence-corrected chi connectivity index (χ1v) is 9.45. The molecule has 2 aromatic carbocycles. The molecule has 0 bridgehead atoms. The number of benzene rings is 2. The Morgan fingerprint density at radius 1 is 1.03 bits per heavy atom. The Balaban J connectivity index is 1.89. The van der Waals surface area contributed by atoms with Gasteiger partial charge in [0.1, 0.15) is 5.52 Å². The van der Waals surface area contributed by atoms with E-state index in [0.717, 1.165) is 22.2 Å². The molecule has 0 aliphatic carbocycles. The number of H-pyrrole nitrogens is 1. The molecular weight excluding hydrogens is 364 g/mol. The summed E-state index contributed by atoms with van der Waals surface area (Å²) in [4.78, 5) is 20.1. The molecule has 0 aliphatic heterocycles. The Bertz CT molecular complexity index is 1100. The van der Waals surface area contributed by atoms with Crippen LogP contribution in [0.4, 0.5) is 0 Å². The lowest BCUT2D eigenvalue weighted by molar-refractivity contribution is -0.147. The number of hydrogen-bond donors (Lipinski definition) is 2. The monoisotopic (exact) mass is 386 g/mol. The number of carbonyl (C=O) groups is 1. The van der Waals surface area contributed by atoms with Crippen molar-refractivity contribution in [3.05, 3.63) is 95.8 Å². The van der Waals surface area contributed by atoms with Gasteiger partial charge in [-0.25, -0.2) is 9.78 Å². The zero-order valence-corrected chi connectivity index (χ0v) is 16.3. The van der Waals surface area contributed by atoms with E-state index >= 15 is 0 Å². The molecule has 1 unspecified atom stereocenters. The van der Waals surface area contributed by atoms with Crippen LogP contribution in [-0.2, 0) is 10.2 Å². The quantitative estimate of drug-likeness (QED) is 0.503. The minimum Gasteiger partial charge on any atom is -0.478 e. The molecule has 2 heterocycles. The molecular formula is C24H22N2O3. The number of aromatic nitrogens is 2. The molecule has 0 aliphatic rings.